The second kappa shape index (κ2) is 10.1. The Hall–Kier alpha value is -2.78. The highest BCUT2D eigenvalue weighted by Gasteiger charge is 2.28. The molecule has 0 aliphatic rings. The van der Waals surface area contributed by atoms with Gasteiger partial charge >= 0.3 is 0 Å². The van der Waals surface area contributed by atoms with E-state index < -0.39 is 22.5 Å². The van der Waals surface area contributed by atoms with Gasteiger partial charge in [-0.15, -0.1) is 0 Å². The Morgan fingerprint density at radius 2 is 1.69 bits per heavy atom. The van der Waals surface area contributed by atoms with Crippen LogP contribution in [0, 0.1) is 0 Å². The molecule has 9 heteroatoms. The summed E-state index contributed by atoms with van der Waals surface area (Å²) in [5.74, 6) is 0.349. The van der Waals surface area contributed by atoms with E-state index in [0.717, 1.165) is 4.31 Å². The average molecular weight is 423 g/mol. The Kier molecular flexibility index (Phi) is 7.86. The summed E-state index contributed by atoms with van der Waals surface area (Å²) in [6, 6.07) is 12.3. The van der Waals surface area contributed by atoms with Gasteiger partial charge < -0.3 is 19.5 Å². The Labute approximate surface area is 171 Å². The van der Waals surface area contributed by atoms with Gasteiger partial charge in [0.15, 0.2) is 11.5 Å². The zero-order chi connectivity index (χ0) is 21.4. The van der Waals surface area contributed by atoms with Crippen molar-refractivity contribution < 1.29 is 27.4 Å². The van der Waals surface area contributed by atoms with Crippen LogP contribution >= 0.6 is 0 Å². The van der Waals surface area contributed by atoms with Crippen molar-refractivity contribution in [1.29, 1.82) is 0 Å². The molecule has 1 N–H and O–H groups in total. The lowest BCUT2D eigenvalue weighted by molar-refractivity contribution is -0.120. The zero-order valence-electron chi connectivity index (χ0n) is 16.9. The van der Waals surface area contributed by atoms with Crippen LogP contribution in [0.3, 0.4) is 0 Å². The molecule has 0 aromatic heterocycles. The Morgan fingerprint density at radius 3 is 2.28 bits per heavy atom. The minimum Gasteiger partial charge on any atom is -0.493 e. The molecule has 158 valence electrons. The van der Waals surface area contributed by atoms with Gasteiger partial charge in [-0.05, 0) is 31.2 Å². The molecular formula is C20H26N2O6S. The highest BCUT2D eigenvalue weighted by molar-refractivity contribution is 7.92. The summed E-state index contributed by atoms with van der Waals surface area (Å²) in [7, 11) is 0.471. The molecule has 0 spiro atoms. The van der Waals surface area contributed by atoms with Crippen LogP contribution in [0.4, 0.5) is 5.69 Å². The summed E-state index contributed by atoms with van der Waals surface area (Å²) in [6.07, 6.45) is 0. The number of hydrogen-bond donors (Lipinski definition) is 1. The van der Waals surface area contributed by atoms with E-state index in [4.69, 9.17) is 14.2 Å². The highest BCUT2D eigenvalue weighted by Crippen LogP contribution is 2.33. The van der Waals surface area contributed by atoms with E-state index in [0.29, 0.717) is 18.1 Å². The van der Waals surface area contributed by atoms with E-state index in [2.05, 4.69) is 5.32 Å². The number of nitrogens with one attached hydrogen (secondary N) is 1. The monoisotopic (exact) mass is 422 g/mol. The van der Waals surface area contributed by atoms with Gasteiger partial charge in [0.2, 0.25) is 5.91 Å². The largest absolute Gasteiger partial charge is 0.493 e. The molecule has 0 aliphatic carbocycles. The second-order valence-electron chi connectivity index (χ2n) is 6.29. The first-order valence-corrected chi connectivity index (χ1v) is 10.4. The van der Waals surface area contributed by atoms with Crippen molar-refractivity contribution in [2.75, 3.05) is 38.8 Å². The van der Waals surface area contributed by atoms with E-state index >= 15 is 0 Å². The van der Waals surface area contributed by atoms with E-state index in [1.807, 2.05) is 0 Å². The van der Waals surface area contributed by atoms with Crippen LogP contribution in [0.1, 0.15) is 6.92 Å². The summed E-state index contributed by atoms with van der Waals surface area (Å²) in [4.78, 5) is 12.6. The predicted molar refractivity (Wildman–Crippen MR) is 110 cm³/mol. The fourth-order valence-corrected chi connectivity index (χ4v) is 4.19. The topological polar surface area (TPSA) is 94.2 Å². The van der Waals surface area contributed by atoms with Gasteiger partial charge in [-0.2, -0.15) is 0 Å². The molecule has 0 saturated carbocycles. The van der Waals surface area contributed by atoms with Crippen molar-refractivity contribution >= 4 is 21.6 Å². The summed E-state index contributed by atoms with van der Waals surface area (Å²) < 4.78 is 43.1. The van der Waals surface area contributed by atoms with Gasteiger partial charge in [0.05, 0.1) is 31.4 Å². The quantitative estimate of drug-likeness (QED) is 0.630. The number of rotatable bonds is 10. The molecular weight excluding hydrogens is 396 g/mol. The van der Waals surface area contributed by atoms with Gasteiger partial charge in [-0.1, -0.05) is 18.2 Å². The smallest absolute Gasteiger partial charge is 0.264 e. The minimum absolute atomic E-state index is 0.0764. The first-order chi connectivity index (χ1) is 13.8. The molecule has 0 aliphatic heterocycles. The van der Waals surface area contributed by atoms with Crippen molar-refractivity contribution in [2.24, 2.45) is 0 Å². The third-order valence-corrected chi connectivity index (χ3v) is 5.89. The van der Waals surface area contributed by atoms with E-state index in [1.165, 1.54) is 39.5 Å². The highest BCUT2D eigenvalue weighted by atomic mass is 32.2. The third kappa shape index (κ3) is 5.61. The van der Waals surface area contributed by atoms with Crippen LogP contribution in [-0.4, -0.2) is 54.8 Å². The molecule has 0 saturated heterocycles. The van der Waals surface area contributed by atoms with Gasteiger partial charge in [0, 0.05) is 19.2 Å². The first kappa shape index (κ1) is 22.5. The number of ether oxygens (including phenoxy) is 3. The molecule has 0 radical (unpaired) electrons. The van der Waals surface area contributed by atoms with Crippen molar-refractivity contribution in [3.8, 4) is 11.5 Å². The number of anilines is 1. The maximum absolute atomic E-state index is 13.3. The first-order valence-electron chi connectivity index (χ1n) is 8.91. The Balaban J connectivity index is 2.45. The maximum Gasteiger partial charge on any atom is 0.264 e. The number of methoxy groups -OCH3 is 3. The molecule has 0 unspecified atom stereocenters. The van der Waals surface area contributed by atoms with Gasteiger partial charge in [0.1, 0.15) is 6.54 Å². The molecule has 1 atom stereocenters. The number of nitrogens with zero attached hydrogens (tertiary/aromatic N) is 1. The molecule has 2 aromatic carbocycles. The fourth-order valence-electron chi connectivity index (χ4n) is 2.76. The number of hydrogen-bond acceptors (Lipinski definition) is 6. The van der Waals surface area contributed by atoms with Crippen LogP contribution in [0.25, 0.3) is 0 Å². The molecule has 2 aromatic rings. The van der Waals surface area contributed by atoms with Gasteiger partial charge in [-0.25, -0.2) is 8.42 Å². The number of carbonyl (C=O) groups is 1. The van der Waals surface area contributed by atoms with Crippen molar-refractivity contribution in [3.05, 3.63) is 48.5 Å². The van der Waals surface area contributed by atoms with Crippen LogP contribution in [0.5, 0.6) is 11.5 Å². The van der Waals surface area contributed by atoms with Crippen molar-refractivity contribution in [3.63, 3.8) is 0 Å². The normalized spacial score (nSPS) is 12.1. The second-order valence-corrected chi connectivity index (χ2v) is 8.15. The van der Waals surface area contributed by atoms with Crippen LogP contribution in [-0.2, 0) is 19.6 Å². The summed E-state index contributed by atoms with van der Waals surface area (Å²) in [6.45, 7) is 1.68. The van der Waals surface area contributed by atoms with E-state index in [9.17, 15) is 13.2 Å². The lowest BCUT2D eigenvalue weighted by Gasteiger charge is -2.25. The number of amides is 1. The Morgan fingerprint density at radius 1 is 1.03 bits per heavy atom. The van der Waals surface area contributed by atoms with Crippen LogP contribution in [0.15, 0.2) is 53.4 Å². The number of benzene rings is 2. The fraction of sp³-hybridized carbons (Fsp3) is 0.350. The average Bonchev–Trinajstić information content (AvgIpc) is 2.72. The molecule has 8 nitrogen and oxygen atoms in total. The molecule has 1 amide bonds. The molecule has 0 bridgehead atoms. The standard InChI is InChI=1S/C20H26N2O6S/c1-15(14-26-2)21-20(23)13-22(29(24,25)17-8-6-5-7-9-17)16-10-11-18(27-3)19(12-16)28-4/h5-12,15H,13-14H2,1-4H3,(H,21,23)/t15-/m0/s1. The lowest BCUT2D eigenvalue weighted by Crippen LogP contribution is -2.44. The molecule has 2 rings (SSSR count). The van der Waals surface area contributed by atoms with Crippen molar-refractivity contribution in [1.82, 2.24) is 5.32 Å². The van der Waals surface area contributed by atoms with E-state index in [1.54, 1.807) is 37.3 Å². The van der Waals surface area contributed by atoms with Crippen LogP contribution < -0.4 is 19.1 Å². The molecule has 0 fully saturated rings. The van der Waals surface area contributed by atoms with Crippen molar-refractivity contribution in [2.45, 2.75) is 17.9 Å². The summed E-state index contributed by atoms with van der Waals surface area (Å²) in [5, 5.41) is 2.73. The lowest BCUT2D eigenvalue weighted by atomic mass is 10.2. The number of carbonyl (C=O) groups excluding carboxylic acids is 1. The molecule has 29 heavy (non-hydrogen) atoms. The maximum atomic E-state index is 13.3. The van der Waals surface area contributed by atoms with Gasteiger partial charge in [-0.3, -0.25) is 9.10 Å². The van der Waals surface area contributed by atoms with Gasteiger partial charge in [0.25, 0.3) is 10.0 Å². The van der Waals surface area contributed by atoms with E-state index in [-0.39, 0.29) is 16.6 Å². The SMILES string of the molecule is COC[C@H](C)NC(=O)CN(c1ccc(OC)c(OC)c1)S(=O)(=O)c1ccccc1. The minimum atomic E-state index is -4.00. The predicted octanol–water partition coefficient (Wildman–Crippen LogP) is 2.05. The third-order valence-electron chi connectivity index (χ3n) is 4.10. The van der Waals surface area contributed by atoms with Crippen LogP contribution in [0.2, 0.25) is 0 Å². The summed E-state index contributed by atoms with van der Waals surface area (Å²) in [5.41, 5.74) is 0.279. The zero-order valence-corrected chi connectivity index (χ0v) is 17.7. The molecule has 0 heterocycles. The Bertz CT molecular complexity index is 918. The summed E-state index contributed by atoms with van der Waals surface area (Å²) >= 11 is 0. The number of sulfonamides is 1.